The number of hydrogen-bond donors (Lipinski definition) is 0. The van der Waals surface area contributed by atoms with Gasteiger partial charge in [0.1, 0.15) is 11.0 Å². The van der Waals surface area contributed by atoms with E-state index in [4.69, 9.17) is 23.2 Å². The second-order valence-electron chi connectivity index (χ2n) is 4.18. The topological polar surface area (TPSA) is 25.8 Å². The molecule has 0 aliphatic heterocycles. The lowest BCUT2D eigenvalue weighted by Crippen LogP contribution is -2.02. The van der Waals surface area contributed by atoms with Crippen LogP contribution in [0.15, 0.2) is 29.2 Å². The summed E-state index contributed by atoms with van der Waals surface area (Å²) < 4.78 is 0.964. The maximum absolute atomic E-state index is 6.17. The van der Waals surface area contributed by atoms with E-state index in [9.17, 15) is 0 Å². The first-order valence-corrected chi connectivity index (χ1v) is 9.01. The lowest BCUT2D eigenvalue weighted by Gasteiger charge is -2.07. The van der Waals surface area contributed by atoms with Gasteiger partial charge in [0, 0.05) is 9.92 Å². The first kappa shape index (κ1) is 16.3. The molecule has 0 saturated carbocycles. The number of halogens is 3. The van der Waals surface area contributed by atoms with Crippen molar-refractivity contribution in [1.82, 2.24) is 9.97 Å². The molecule has 1 aromatic heterocycles. The second kappa shape index (κ2) is 7.82. The molecule has 1 heterocycles. The summed E-state index contributed by atoms with van der Waals surface area (Å²) in [6.07, 6.45) is 1.98. The zero-order chi connectivity index (χ0) is 14.5. The molecule has 0 unspecified atom stereocenters. The van der Waals surface area contributed by atoms with Crippen LogP contribution in [0.25, 0.3) is 0 Å². The molecular weight excluding hydrogens is 426 g/mol. The number of benzene rings is 1. The summed E-state index contributed by atoms with van der Waals surface area (Å²) in [6, 6.07) is 7.75. The van der Waals surface area contributed by atoms with Crippen LogP contribution in [-0.2, 0) is 12.2 Å². The fourth-order valence-corrected chi connectivity index (χ4v) is 3.25. The Labute approximate surface area is 146 Å². The summed E-state index contributed by atoms with van der Waals surface area (Å²) >= 11 is 15.9. The van der Waals surface area contributed by atoms with Gasteiger partial charge in [-0.1, -0.05) is 36.5 Å². The Hall–Kier alpha value is -0.0400. The SMILES string of the molecule is CCCc1nc(CSc2ccc(Cl)cc2)nc(Cl)c1I. The third kappa shape index (κ3) is 4.48. The molecule has 2 aromatic rings. The maximum Gasteiger partial charge on any atom is 0.146 e. The predicted octanol–water partition coefficient (Wildman–Crippen LogP) is 5.63. The molecule has 1 aromatic carbocycles. The Bertz CT molecular complexity index is 590. The van der Waals surface area contributed by atoms with Gasteiger partial charge in [-0.05, 0) is 53.3 Å². The van der Waals surface area contributed by atoms with Crippen molar-refractivity contribution in [3.8, 4) is 0 Å². The molecule has 2 rings (SSSR count). The Morgan fingerprint density at radius 1 is 1.15 bits per heavy atom. The number of rotatable bonds is 5. The molecule has 0 aliphatic rings. The van der Waals surface area contributed by atoms with E-state index in [2.05, 4.69) is 39.5 Å². The standard InChI is InChI=1S/C14H13Cl2IN2S/c1-2-3-11-13(17)14(16)19-12(18-11)8-20-10-6-4-9(15)5-7-10/h4-7H,2-3,8H2,1H3. The average molecular weight is 439 g/mol. The zero-order valence-electron chi connectivity index (χ0n) is 10.9. The van der Waals surface area contributed by atoms with Crippen molar-refractivity contribution in [2.24, 2.45) is 0 Å². The molecule has 0 N–H and O–H groups in total. The van der Waals surface area contributed by atoms with E-state index in [-0.39, 0.29) is 0 Å². The van der Waals surface area contributed by atoms with Gasteiger partial charge >= 0.3 is 0 Å². The summed E-state index contributed by atoms with van der Waals surface area (Å²) in [6.45, 7) is 2.13. The van der Waals surface area contributed by atoms with Crippen molar-refractivity contribution < 1.29 is 0 Å². The van der Waals surface area contributed by atoms with Gasteiger partial charge in [-0.25, -0.2) is 9.97 Å². The quantitative estimate of drug-likeness (QED) is 0.343. The number of aryl methyl sites for hydroxylation is 1. The van der Waals surface area contributed by atoms with Crippen molar-refractivity contribution in [1.29, 1.82) is 0 Å². The van der Waals surface area contributed by atoms with Crippen molar-refractivity contribution in [2.75, 3.05) is 0 Å². The highest BCUT2D eigenvalue weighted by Crippen LogP contribution is 2.26. The highest BCUT2D eigenvalue weighted by molar-refractivity contribution is 14.1. The van der Waals surface area contributed by atoms with Gasteiger partial charge in [0.05, 0.1) is 15.0 Å². The van der Waals surface area contributed by atoms with Crippen LogP contribution in [0.2, 0.25) is 10.2 Å². The van der Waals surface area contributed by atoms with E-state index in [1.54, 1.807) is 11.8 Å². The van der Waals surface area contributed by atoms with Crippen LogP contribution in [0, 0.1) is 3.57 Å². The molecule has 0 amide bonds. The van der Waals surface area contributed by atoms with Gasteiger partial charge in [0.15, 0.2) is 0 Å². The van der Waals surface area contributed by atoms with Crippen molar-refractivity contribution in [3.63, 3.8) is 0 Å². The number of nitrogens with zero attached hydrogens (tertiary/aromatic N) is 2. The van der Waals surface area contributed by atoms with Crippen LogP contribution in [0.5, 0.6) is 0 Å². The van der Waals surface area contributed by atoms with Crippen LogP contribution in [0.1, 0.15) is 24.9 Å². The third-order valence-corrected chi connectivity index (χ3v) is 5.58. The van der Waals surface area contributed by atoms with Crippen molar-refractivity contribution in [2.45, 2.75) is 30.4 Å². The molecule has 0 saturated heterocycles. The van der Waals surface area contributed by atoms with Crippen LogP contribution < -0.4 is 0 Å². The summed E-state index contributed by atoms with van der Waals surface area (Å²) in [4.78, 5) is 10.1. The van der Waals surface area contributed by atoms with E-state index < -0.39 is 0 Å². The highest BCUT2D eigenvalue weighted by atomic mass is 127. The first-order valence-electron chi connectivity index (χ1n) is 6.19. The number of hydrogen-bond acceptors (Lipinski definition) is 3. The first-order chi connectivity index (χ1) is 9.60. The molecule has 0 atom stereocenters. The Kier molecular flexibility index (Phi) is 6.39. The van der Waals surface area contributed by atoms with E-state index >= 15 is 0 Å². The smallest absolute Gasteiger partial charge is 0.146 e. The molecule has 6 heteroatoms. The van der Waals surface area contributed by atoms with Crippen LogP contribution in [-0.4, -0.2) is 9.97 Å². The molecule has 20 heavy (non-hydrogen) atoms. The minimum absolute atomic E-state index is 0.552. The maximum atomic E-state index is 6.17. The van der Waals surface area contributed by atoms with Gasteiger partial charge in [0.25, 0.3) is 0 Å². The van der Waals surface area contributed by atoms with Crippen LogP contribution in [0.3, 0.4) is 0 Å². The summed E-state index contributed by atoms with van der Waals surface area (Å²) in [7, 11) is 0. The molecule has 0 aliphatic carbocycles. The molecule has 0 bridgehead atoms. The summed E-state index contributed by atoms with van der Waals surface area (Å²) in [5.74, 6) is 1.48. The normalized spacial score (nSPS) is 10.8. The largest absolute Gasteiger partial charge is 0.236 e. The Morgan fingerprint density at radius 2 is 1.85 bits per heavy atom. The van der Waals surface area contributed by atoms with E-state index in [1.165, 1.54) is 0 Å². The van der Waals surface area contributed by atoms with Gasteiger partial charge in [-0.2, -0.15) is 0 Å². The summed E-state index contributed by atoms with van der Waals surface area (Å²) in [5.41, 5.74) is 1.04. The lowest BCUT2D eigenvalue weighted by molar-refractivity contribution is 0.845. The van der Waals surface area contributed by atoms with E-state index in [0.717, 1.165) is 37.8 Å². The van der Waals surface area contributed by atoms with Crippen molar-refractivity contribution >= 4 is 57.6 Å². The molecule has 0 radical (unpaired) electrons. The van der Waals surface area contributed by atoms with E-state index in [1.807, 2.05) is 24.3 Å². The fourth-order valence-electron chi connectivity index (χ4n) is 1.66. The monoisotopic (exact) mass is 438 g/mol. The van der Waals surface area contributed by atoms with Gasteiger partial charge < -0.3 is 0 Å². The zero-order valence-corrected chi connectivity index (χ0v) is 15.4. The fraction of sp³-hybridized carbons (Fsp3) is 0.286. The number of thioether (sulfide) groups is 1. The van der Waals surface area contributed by atoms with Crippen molar-refractivity contribution in [3.05, 3.63) is 49.5 Å². The summed E-state index contributed by atoms with van der Waals surface area (Å²) in [5, 5.41) is 1.30. The average Bonchev–Trinajstić information content (AvgIpc) is 2.44. The molecule has 106 valence electrons. The Balaban J connectivity index is 2.11. The van der Waals surface area contributed by atoms with Gasteiger partial charge in [-0.15, -0.1) is 11.8 Å². The minimum atomic E-state index is 0.552. The minimum Gasteiger partial charge on any atom is -0.236 e. The lowest BCUT2D eigenvalue weighted by atomic mass is 10.2. The van der Waals surface area contributed by atoms with Gasteiger partial charge in [-0.3, -0.25) is 0 Å². The van der Waals surface area contributed by atoms with Crippen LogP contribution >= 0.6 is 57.6 Å². The highest BCUT2D eigenvalue weighted by Gasteiger charge is 2.10. The molecular formula is C14H13Cl2IN2S. The van der Waals surface area contributed by atoms with E-state index in [0.29, 0.717) is 10.9 Å². The van der Waals surface area contributed by atoms with Gasteiger partial charge in [0.2, 0.25) is 0 Å². The Morgan fingerprint density at radius 3 is 2.50 bits per heavy atom. The molecule has 2 nitrogen and oxygen atoms in total. The second-order valence-corrected chi connectivity index (χ2v) is 7.11. The molecule has 0 fully saturated rings. The van der Waals surface area contributed by atoms with Crippen LogP contribution in [0.4, 0.5) is 0 Å². The predicted molar refractivity (Wildman–Crippen MR) is 94.8 cm³/mol. The number of aromatic nitrogens is 2. The molecule has 0 spiro atoms. The third-order valence-electron chi connectivity index (χ3n) is 2.59.